The Morgan fingerprint density at radius 1 is 1.31 bits per heavy atom. The number of nitrogens with one attached hydrogen (secondary N) is 2. The van der Waals surface area contributed by atoms with E-state index in [1.54, 1.807) is 6.92 Å². The van der Waals surface area contributed by atoms with Crippen LogP contribution in [0.2, 0.25) is 0 Å². The number of halogens is 1. The lowest BCUT2D eigenvalue weighted by atomic mass is 9.81. The maximum atomic E-state index is 12.7. The minimum Gasteiger partial charge on any atom is -0.455 e. The van der Waals surface area contributed by atoms with E-state index >= 15 is 0 Å². The van der Waals surface area contributed by atoms with Crippen molar-refractivity contribution in [1.82, 2.24) is 14.9 Å². The molecule has 2 saturated heterocycles. The first-order valence-corrected chi connectivity index (χ1v) is 10.4. The monoisotopic (exact) mass is 405 g/mol. The summed E-state index contributed by atoms with van der Waals surface area (Å²) < 4.78 is 32.3. The number of hydrogen-bond acceptors (Lipinski definition) is 5. The molecule has 2 aliphatic rings. The van der Waals surface area contributed by atoms with Crippen LogP contribution in [0.1, 0.15) is 48.9 Å². The molecule has 0 aliphatic carbocycles. The molecule has 148 valence electrons. The van der Waals surface area contributed by atoms with E-state index in [0.29, 0.717) is 19.6 Å². The van der Waals surface area contributed by atoms with Crippen molar-refractivity contribution in [2.75, 3.05) is 32.7 Å². The SMILES string of the molecule is Cc1oc(C(=O)NCC2(C)CCNCC2)cc1S(=O)(=O)N1CCCC1.Cl. The lowest BCUT2D eigenvalue weighted by molar-refractivity contribution is 0.0893. The highest BCUT2D eigenvalue weighted by molar-refractivity contribution is 7.89. The van der Waals surface area contributed by atoms with Gasteiger partial charge < -0.3 is 15.1 Å². The van der Waals surface area contributed by atoms with Crippen molar-refractivity contribution in [3.63, 3.8) is 0 Å². The largest absolute Gasteiger partial charge is 0.455 e. The highest BCUT2D eigenvalue weighted by atomic mass is 35.5. The third-order valence-electron chi connectivity index (χ3n) is 5.27. The number of amides is 1. The molecule has 26 heavy (non-hydrogen) atoms. The number of furan rings is 1. The standard InChI is InChI=1S/C17H27N3O4S.ClH/c1-13-15(25(22,23)20-9-3-4-10-20)11-14(24-13)16(21)19-12-17(2)5-7-18-8-6-17;/h11,18H,3-10,12H2,1-2H3,(H,19,21);1H. The molecule has 2 aliphatic heterocycles. The van der Waals surface area contributed by atoms with Crippen molar-refractivity contribution in [2.45, 2.75) is 44.4 Å². The van der Waals surface area contributed by atoms with Gasteiger partial charge in [0, 0.05) is 25.7 Å². The number of rotatable bonds is 5. The number of carbonyl (C=O) groups is 1. The Bertz CT molecular complexity index is 735. The van der Waals surface area contributed by atoms with E-state index in [1.165, 1.54) is 10.4 Å². The molecule has 0 radical (unpaired) electrons. The fourth-order valence-electron chi connectivity index (χ4n) is 3.49. The highest BCUT2D eigenvalue weighted by Crippen LogP contribution is 2.28. The van der Waals surface area contributed by atoms with Gasteiger partial charge in [-0.3, -0.25) is 4.79 Å². The summed E-state index contributed by atoms with van der Waals surface area (Å²) in [5.41, 5.74) is 0.0625. The molecular formula is C17H28ClN3O4S. The van der Waals surface area contributed by atoms with E-state index in [4.69, 9.17) is 4.42 Å². The van der Waals surface area contributed by atoms with Crippen LogP contribution in [0.4, 0.5) is 0 Å². The maximum Gasteiger partial charge on any atom is 0.287 e. The number of aryl methyl sites for hydroxylation is 1. The molecule has 2 N–H and O–H groups in total. The van der Waals surface area contributed by atoms with Crippen LogP contribution >= 0.6 is 12.4 Å². The average molecular weight is 406 g/mol. The zero-order valence-electron chi connectivity index (χ0n) is 15.3. The molecule has 9 heteroatoms. The summed E-state index contributed by atoms with van der Waals surface area (Å²) in [6.45, 7) is 7.26. The predicted molar refractivity (Wildman–Crippen MR) is 101 cm³/mol. The van der Waals surface area contributed by atoms with E-state index in [-0.39, 0.29) is 40.1 Å². The van der Waals surface area contributed by atoms with Crippen LogP contribution in [0.25, 0.3) is 0 Å². The first-order chi connectivity index (χ1) is 11.8. The van der Waals surface area contributed by atoms with E-state index in [1.807, 2.05) is 0 Å². The fourth-order valence-corrected chi connectivity index (χ4v) is 5.17. The first-order valence-electron chi connectivity index (χ1n) is 8.91. The summed E-state index contributed by atoms with van der Waals surface area (Å²) in [5.74, 6) is -0.0244. The van der Waals surface area contributed by atoms with Crippen molar-refractivity contribution in [3.05, 3.63) is 17.6 Å². The molecule has 1 aromatic heterocycles. The van der Waals surface area contributed by atoms with Crippen molar-refractivity contribution < 1.29 is 17.6 Å². The Morgan fingerprint density at radius 3 is 2.54 bits per heavy atom. The van der Waals surface area contributed by atoms with Gasteiger partial charge in [0.1, 0.15) is 10.7 Å². The van der Waals surface area contributed by atoms with Crippen LogP contribution in [0.5, 0.6) is 0 Å². The second kappa shape index (κ2) is 8.29. The van der Waals surface area contributed by atoms with Gasteiger partial charge in [-0.1, -0.05) is 6.92 Å². The number of sulfonamides is 1. The van der Waals surface area contributed by atoms with Crippen molar-refractivity contribution in [1.29, 1.82) is 0 Å². The number of hydrogen-bond donors (Lipinski definition) is 2. The number of piperidine rings is 1. The molecule has 0 saturated carbocycles. The van der Waals surface area contributed by atoms with Gasteiger partial charge in [-0.25, -0.2) is 8.42 Å². The Morgan fingerprint density at radius 2 is 1.92 bits per heavy atom. The fraction of sp³-hybridized carbons (Fsp3) is 0.706. The van der Waals surface area contributed by atoms with Gasteiger partial charge in [0.25, 0.3) is 5.91 Å². The third-order valence-corrected chi connectivity index (χ3v) is 7.27. The molecule has 3 rings (SSSR count). The van der Waals surface area contributed by atoms with Gasteiger partial charge in [0.05, 0.1) is 0 Å². The van der Waals surface area contributed by atoms with Crippen LogP contribution in [0.15, 0.2) is 15.4 Å². The van der Waals surface area contributed by atoms with Gasteiger partial charge in [0.15, 0.2) is 5.76 Å². The normalized spacial score (nSPS) is 20.5. The summed E-state index contributed by atoms with van der Waals surface area (Å²) in [6.07, 6.45) is 3.74. The van der Waals surface area contributed by atoms with Crippen LogP contribution in [-0.2, 0) is 10.0 Å². The zero-order valence-corrected chi connectivity index (χ0v) is 17.0. The third kappa shape index (κ3) is 4.42. The maximum absolute atomic E-state index is 12.7. The van der Waals surface area contributed by atoms with Crippen molar-refractivity contribution in [3.8, 4) is 0 Å². The molecule has 0 bridgehead atoms. The Hall–Kier alpha value is -1.09. The molecular weight excluding hydrogens is 378 g/mol. The second-order valence-electron chi connectivity index (χ2n) is 7.39. The van der Waals surface area contributed by atoms with Gasteiger partial charge in [-0.05, 0) is 51.1 Å². The smallest absolute Gasteiger partial charge is 0.287 e. The minimum absolute atomic E-state index is 0. The molecule has 7 nitrogen and oxygen atoms in total. The van der Waals surface area contributed by atoms with Crippen molar-refractivity contribution >= 4 is 28.3 Å². The summed E-state index contributed by atoms with van der Waals surface area (Å²) in [6, 6.07) is 1.36. The minimum atomic E-state index is -3.58. The molecule has 2 fully saturated rings. The topological polar surface area (TPSA) is 91.6 Å². The Balaban J connectivity index is 0.00000243. The van der Waals surface area contributed by atoms with E-state index in [0.717, 1.165) is 38.8 Å². The molecule has 3 heterocycles. The molecule has 0 spiro atoms. The molecule has 0 aromatic carbocycles. The first kappa shape index (κ1) is 21.2. The van der Waals surface area contributed by atoms with Gasteiger partial charge >= 0.3 is 0 Å². The molecule has 0 unspecified atom stereocenters. The number of carbonyl (C=O) groups excluding carboxylic acids is 1. The van der Waals surface area contributed by atoms with Gasteiger partial charge in [-0.15, -0.1) is 12.4 Å². The summed E-state index contributed by atoms with van der Waals surface area (Å²) >= 11 is 0. The van der Waals surface area contributed by atoms with E-state index < -0.39 is 10.0 Å². The van der Waals surface area contributed by atoms with Crippen LogP contribution in [0, 0.1) is 12.3 Å². The van der Waals surface area contributed by atoms with Crippen LogP contribution < -0.4 is 10.6 Å². The number of nitrogens with zero attached hydrogens (tertiary/aromatic N) is 1. The molecule has 1 aromatic rings. The summed E-state index contributed by atoms with van der Waals surface area (Å²) in [4.78, 5) is 12.5. The van der Waals surface area contributed by atoms with E-state index in [9.17, 15) is 13.2 Å². The molecule has 0 atom stereocenters. The van der Waals surface area contributed by atoms with Gasteiger partial charge in [0.2, 0.25) is 10.0 Å². The summed E-state index contributed by atoms with van der Waals surface area (Å²) in [7, 11) is -3.58. The summed E-state index contributed by atoms with van der Waals surface area (Å²) in [5, 5.41) is 6.21. The van der Waals surface area contributed by atoms with Crippen LogP contribution in [0.3, 0.4) is 0 Å². The van der Waals surface area contributed by atoms with Crippen molar-refractivity contribution in [2.24, 2.45) is 5.41 Å². The molecule has 1 amide bonds. The Kier molecular flexibility index (Phi) is 6.76. The predicted octanol–water partition coefficient (Wildman–Crippen LogP) is 1.91. The second-order valence-corrected chi connectivity index (χ2v) is 9.29. The van der Waals surface area contributed by atoms with Crippen LogP contribution in [-0.4, -0.2) is 51.4 Å². The van der Waals surface area contributed by atoms with E-state index in [2.05, 4.69) is 17.6 Å². The van der Waals surface area contributed by atoms with Gasteiger partial charge in [-0.2, -0.15) is 4.31 Å². The highest BCUT2D eigenvalue weighted by Gasteiger charge is 2.32. The average Bonchev–Trinajstić information content (AvgIpc) is 3.23. The zero-order chi connectivity index (χ0) is 18.1. The lowest BCUT2D eigenvalue weighted by Crippen LogP contribution is -2.42. The quantitative estimate of drug-likeness (QED) is 0.780. The Labute approximate surface area is 161 Å². The lowest BCUT2D eigenvalue weighted by Gasteiger charge is -2.33.